The van der Waals surface area contributed by atoms with Gasteiger partial charge in [-0.05, 0) is 42.8 Å². The Labute approximate surface area is 232 Å². The summed E-state index contributed by atoms with van der Waals surface area (Å²) in [6, 6.07) is 22.7. The van der Waals surface area contributed by atoms with E-state index in [0.717, 1.165) is 11.0 Å². The van der Waals surface area contributed by atoms with Crippen molar-refractivity contribution in [1.29, 1.82) is 0 Å². The van der Waals surface area contributed by atoms with Crippen LogP contribution in [-0.2, 0) is 4.74 Å². The molecule has 0 bridgehead atoms. The molecule has 4 aromatic rings. The maximum atomic E-state index is 13.4. The van der Waals surface area contributed by atoms with E-state index in [1.807, 2.05) is 0 Å². The number of carbonyl (C=O) groups is 4. The number of nitro groups is 1. The Hall–Kier alpha value is -5.15. The monoisotopic (exact) mass is 554 g/mol. The quantitative estimate of drug-likeness (QED) is 0.0883. The third kappa shape index (κ3) is 4.74. The standard InChI is InChI=1S/C30H19ClN2O7/c1-17-10-11-20(16-24(17)32-28(35)22-8-5-9-23(33(38)39)25(22)29(32)36)30(37)40-27(19-12-14-21(31)15-13-19)26(34)18-6-3-2-4-7-18/h2-16,27H,1H3/t27-/m1/s1. The highest BCUT2D eigenvalue weighted by molar-refractivity contribution is 6.36. The SMILES string of the molecule is Cc1ccc(C(=O)O[C@@H](C(=O)c2ccccc2)c2ccc(Cl)cc2)cc1N1C(=O)c2cccc([N+](=O)[O-])c2C1=O. The molecule has 5 rings (SSSR count). The summed E-state index contributed by atoms with van der Waals surface area (Å²) in [5.41, 5.74) is 0.294. The average molecular weight is 555 g/mol. The summed E-state index contributed by atoms with van der Waals surface area (Å²) in [5, 5.41) is 11.9. The van der Waals surface area contributed by atoms with Crippen molar-refractivity contribution in [2.24, 2.45) is 0 Å². The van der Waals surface area contributed by atoms with Crippen LogP contribution in [0.3, 0.4) is 0 Å². The number of Topliss-reactive ketones (excluding diaryl/α,β-unsaturated/α-hetero) is 1. The van der Waals surface area contributed by atoms with Gasteiger partial charge in [0.2, 0.25) is 5.78 Å². The Morgan fingerprint density at radius 1 is 0.875 bits per heavy atom. The lowest BCUT2D eigenvalue weighted by Gasteiger charge is -2.20. The van der Waals surface area contributed by atoms with Gasteiger partial charge in [0, 0.05) is 22.2 Å². The number of halogens is 1. The van der Waals surface area contributed by atoms with Crippen LogP contribution in [0.5, 0.6) is 0 Å². The molecule has 1 atom stereocenters. The third-order valence-electron chi connectivity index (χ3n) is 6.47. The number of rotatable bonds is 7. The van der Waals surface area contributed by atoms with Gasteiger partial charge in [0.25, 0.3) is 17.5 Å². The van der Waals surface area contributed by atoms with Crippen molar-refractivity contribution in [2.45, 2.75) is 13.0 Å². The third-order valence-corrected chi connectivity index (χ3v) is 6.72. The van der Waals surface area contributed by atoms with Crippen LogP contribution in [0.2, 0.25) is 5.02 Å². The summed E-state index contributed by atoms with van der Waals surface area (Å²) in [7, 11) is 0. The molecule has 10 heteroatoms. The summed E-state index contributed by atoms with van der Waals surface area (Å²) in [6.07, 6.45) is -1.31. The number of imide groups is 1. The molecule has 0 aromatic heterocycles. The molecule has 0 fully saturated rings. The Morgan fingerprint density at radius 2 is 1.57 bits per heavy atom. The Morgan fingerprint density at radius 3 is 2.25 bits per heavy atom. The molecule has 1 heterocycles. The van der Waals surface area contributed by atoms with Gasteiger partial charge in [0.1, 0.15) is 5.56 Å². The molecule has 0 saturated heterocycles. The van der Waals surface area contributed by atoms with Crippen LogP contribution in [0.4, 0.5) is 11.4 Å². The topological polar surface area (TPSA) is 124 Å². The van der Waals surface area contributed by atoms with Crippen LogP contribution in [0.25, 0.3) is 0 Å². The van der Waals surface area contributed by atoms with Crippen molar-refractivity contribution in [2.75, 3.05) is 4.90 Å². The fourth-order valence-corrected chi connectivity index (χ4v) is 4.58. The van der Waals surface area contributed by atoms with E-state index >= 15 is 0 Å². The van der Waals surface area contributed by atoms with Crippen molar-refractivity contribution in [1.82, 2.24) is 0 Å². The van der Waals surface area contributed by atoms with Gasteiger partial charge in [-0.1, -0.05) is 66.2 Å². The summed E-state index contributed by atoms with van der Waals surface area (Å²) >= 11 is 6.00. The number of hydrogen-bond donors (Lipinski definition) is 0. The molecule has 0 saturated carbocycles. The molecule has 40 heavy (non-hydrogen) atoms. The van der Waals surface area contributed by atoms with Crippen molar-refractivity contribution < 1.29 is 28.8 Å². The number of nitrogens with zero attached hydrogens (tertiary/aromatic N) is 2. The van der Waals surface area contributed by atoms with Crippen LogP contribution in [0.1, 0.15) is 58.7 Å². The number of ketones is 1. The number of anilines is 1. The molecule has 0 radical (unpaired) electrons. The first-order valence-electron chi connectivity index (χ1n) is 12.0. The number of hydrogen-bond acceptors (Lipinski definition) is 7. The van der Waals surface area contributed by atoms with Crippen LogP contribution >= 0.6 is 11.6 Å². The van der Waals surface area contributed by atoms with Crippen molar-refractivity contribution in [3.05, 3.63) is 140 Å². The fraction of sp³-hybridized carbons (Fsp3) is 0.0667. The molecule has 198 valence electrons. The van der Waals surface area contributed by atoms with Crippen LogP contribution in [0.15, 0.2) is 91.0 Å². The molecular weight excluding hydrogens is 536 g/mol. The fourth-order valence-electron chi connectivity index (χ4n) is 4.46. The van der Waals surface area contributed by atoms with E-state index in [2.05, 4.69) is 0 Å². The van der Waals surface area contributed by atoms with E-state index in [0.29, 0.717) is 21.7 Å². The van der Waals surface area contributed by atoms with E-state index in [-0.39, 0.29) is 22.4 Å². The molecule has 0 spiro atoms. The number of fused-ring (bicyclic) bond motifs is 1. The zero-order valence-corrected chi connectivity index (χ0v) is 21.6. The normalized spacial score (nSPS) is 13.1. The molecule has 0 unspecified atom stereocenters. The van der Waals surface area contributed by atoms with Gasteiger partial charge in [-0.3, -0.25) is 24.5 Å². The maximum absolute atomic E-state index is 13.4. The summed E-state index contributed by atoms with van der Waals surface area (Å²) in [5.74, 6) is -2.97. The molecule has 0 aliphatic carbocycles. The minimum atomic E-state index is -1.31. The lowest BCUT2D eigenvalue weighted by Crippen LogP contribution is -2.30. The number of aryl methyl sites for hydroxylation is 1. The lowest BCUT2D eigenvalue weighted by atomic mass is 9.99. The number of ether oxygens (including phenoxy) is 1. The Balaban J connectivity index is 1.50. The molecule has 0 N–H and O–H groups in total. The molecule has 9 nitrogen and oxygen atoms in total. The minimum Gasteiger partial charge on any atom is -0.445 e. The van der Waals surface area contributed by atoms with Crippen molar-refractivity contribution in [3.63, 3.8) is 0 Å². The van der Waals surface area contributed by atoms with Gasteiger partial charge in [-0.15, -0.1) is 0 Å². The van der Waals surface area contributed by atoms with E-state index in [9.17, 15) is 29.3 Å². The molecular formula is C30H19ClN2O7. The molecule has 2 amide bonds. The first kappa shape index (κ1) is 26.5. The first-order valence-corrected chi connectivity index (χ1v) is 12.4. The van der Waals surface area contributed by atoms with Gasteiger partial charge in [-0.25, -0.2) is 9.69 Å². The predicted octanol–water partition coefficient (Wildman–Crippen LogP) is 6.14. The maximum Gasteiger partial charge on any atom is 0.339 e. The molecule has 4 aromatic carbocycles. The predicted molar refractivity (Wildman–Crippen MR) is 146 cm³/mol. The highest BCUT2D eigenvalue weighted by atomic mass is 35.5. The van der Waals surface area contributed by atoms with Crippen LogP contribution in [-0.4, -0.2) is 28.5 Å². The van der Waals surface area contributed by atoms with Crippen molar-refractivity contribution in [3.8, 4) is 0 Å². The number of benzene rings is 4. The van der Waals surface area contributed by atoms with E-state index in [4.69, 9.17) is 16.3 Å². The highest BCUT2D eigenvalue weighted by Gasteiger charge is 2.42. The Kier molecular flexibility index (Phi) is 6.98. The van der Waals surface area contributed by atoms with Gasteiger partial charge in [0.05, 0.1) is 21.7 Å². The van der Waals surface area contributed by atoms with E-state index in [1.165, 1.54) is 30.3 Å². The van der Waals surface area contributed by atoms with Gasteiger partial charge in [0.15, 0.2) is 6.10 Å². The second kappa shape index (κ2) is 10.5. The summed E-state index contributed by atoms with van der Waals surface area (Å²) in [6.45, 7) is 1.62. The lowest BCUT2D eigenvalue weighted by molar-refractivity contribution is -0.385. The number of amides is 2. The number of carbonyl (C=O) groups excluding carboxylic acids is 4. The van der Waals surface area contributed by atoms with Gasteiger partial charge < -0.3 is 4.74 Å². The van der Waals surface area contributed by atoms with E-state index < -0.39 is 40.3 Å². The molecule has 1 aliphatic heterocycles. The number of esters is 1. The van der Waals surface area contributed by atoms with Gasteiger partial charge >= 0.3 is 5.97 Å². The zero-order valence-electron chi connectivity index (χ0n) is 20.9. The number of nitro benzene ring substituents is 1. The largest absolute Gasteiger partial charge is 0.445 e. The molecule has 1 aliphatic rings. The van der Waals surface area contributed by atoms with Crippen LogP contribution < -0.4 is 4.90 Å². The second-order valence-electron chi connectivity index (χ2n) is 8.97. The zero-order chi connectivity index (χ0) is 28.6. The van der Waals surface area contributed by atoms with Gasteiger partial charge in [-0.2, -0.15) is 0 Å². The smallest absolute Gasteiger partial charge is 0.339 e. The second-order valence-corrected chi connectivity index (χ2v) is 9.41. The summed E-state index contributed by atoms with van der Waals surface area (Å²) in [4.78, 5) is 64.7. The average Bonchev–Trinajstić information content (AvgIpc) is 3.22. The van der Waals surface area contributed by atoms with E-state index in [1.54, 1.807) is 61.5 Å². The van der Waals surface area contributed by atoms with Crippen LogP contribution in [0, 0.1) is 17.0 Å². The highest BCUT2D eigenvalue weighted by Crippen LogP contribution is 2.36. The van der Waals surface area contributed by atoms with Crippen molar-refractivity contribution >= 4 is 46.5 Å². The summed E-state index contributed by atoms with van der Waals surface area (Å²) < 4.78 is 5.69. The first-order chi connectivity index (χ1) is 19.2. The Bertz CT molecular complexity index is 1700. The minimum absolute atomic E-state index is 0.0357.